The Bertz CT molecular complexity index is 72.6. The summed E-state index contributed by atoms with van der Waals surface area (Å²) in [7, 11) is 0. The first-order valence-corrected chi connectivity index (χ1v) is 3.21. The van der Waals surface area contributed by atoms with Gasteiger partial charge in [0.25, 0.3) is 0 Å². The molecule has 1 aliphatic heterocycles. The van der Waals surface area contributed by atoms with Gasteiger partial charge in [0.05, 0.1) is 0 Å². The fourth-order valence-corrected chi connectivity index (χ4v) is 1.06. The Labute approximate surface area is 50.4 Å². The van der Waals surface area contributed by atoms with Crippen molar-refractivity contribution in [3.63, 3.8) is 0 Å². The van der Waals surface area contributed by atoms with Crippen LogP contribution in [0, 0.1) is 5.92 Å². The predicted octanol–water partition coefficient (Wildman–Crippen LogP) is -0.0585. The van der Waals surface area contributed by atoms with Crippen molar-refractivity contribution >= 4 is 0 Å². The number of nitrogens with one attached hydrogen (secondary N) is 1. The average Bonchev–Trinajstić information content (AvgIpc) is 1.98. The molecule has 8 heavy (non-hydrogen) atoms. The van der Waals surface area contributed by atoms with Gasteiger partial charge in [-0.05, 0) is 12.8 Å². The molecule has 0 saturated carbocycles. The Morgan fingerprint density at radius 1 is 1.50 bits per heavy atom. The lowest BCUT2D eigenvalue weighted by molar-refractivity contribution is 0.481. The van der Waals surface area contributed by atoms with Gasteiger partial charge in [-0.2, -0.15) is 0 Å². The highest BCUT2D eigenvalue weighted by Crippen LogP contribution is 2.11. The molecule has 1 saturated heterocycles. The van der Waals surface area contributed by atoms with Crippen molar-refractivity contribution in [1.29, 1.82) is 0 Å². The molecule has 2 heteroatoms. The summed E-state index contributed by atoms with van der Waals surface area (Å²) in [5.74, 6) is 0.648. The summed E-state index contributed by atoms with van der Waals surface area (Å²) in [5, 5.41) is 3.29. The van der Waals surface area contributed by atoms with Crippen LogP contribution in [-0.2, 0) is 0 Å². The Hall–Kier alpha value is -0.0800. The number of hydrogen-bond acceptors (Lipinski definition) is 2. The molecule has 0 radical (unpaired) electrons. The van der Waals surface area contributed by atoms with E-state index in [4.69, 9.17) is 5.73 Å². The Balaban J connectivity index is 2.44. The normalized spacial score (nSPS) is 47.6. The van der Waals surface area contributed by atoms with E-state index >= 15 is 0 Å². The summed E-state index contributed by atoms with van der Waals surface area (Å²) < 4.78 is 0. The van der Waals surface area contributed by atoms with Crippen LogP contribution in [0.3, 0.4) is 0 Å². The molecule has 0 aromatic carbocycles. The van der Waals surface area contributed by atoms with Gasteiger partial charge in [0.2, 0.25) is 0 Å². The maximum absolute atomic E-state index is 5.71. The highest BCUT2D eigenvalue weighted by Gasteiger charge is 2.25. The molecule has 1 fully saturated rings. The maximum Gasteiger partial charge on any atom is 0.0206 e. The summed E-state index contributed by atoms with van der Waals surface area (Å²) in [5.41, 5.74) is 5.71. The van der Waals surface area contributed by atoms with Crippen LogP contribution in [-0.4, -0.2) is 18.6 Å². The van der Waals surface area contributed by atoms with E-state index in [0.29, 0.717) is 18.0 Å². The van der Waals surface area contributed by atoms with Crippen LogP contribution in [0.25, 0.3) is 0 Å². The molecule has 1 rings (SSSR count). The third-order valence-electron chi connectivity index (χ3n) is 2.14. The highest BCUT2D eigenvalue weighted by atomic mass is 15.0. The standard InChI is InChI=1S/C6H14N2/c1-4-5(2)8-3-6(4)7/h4-6,8H,3,7H2,1-2H3. The molecule has 0 aromatic rings. The molecule has 3 atom stereocenters. The van der Waals surface area contributed by atoms with Crippen LogP contribution in [0.2, 0.25) is 0 Å². The van der Waals surface area contributed by atoms with Crippen molar-refractivity contribution in [3.05, 3.63) is 0 Å². The van der Waals surface area contributed by atoms with Gasteiger partial charge in [0.15, 0.2) is 0 Å². The van der Waals surface area contributed by atoms with Crippen LogP contribution >= 0.6 is 0 Å². The van der Waals surface area contributed by atoms with E-state index in [1.165, 1.54) is 0 Å². The van der Waals surface area contributed by atoms with Gasteiger partial charge in [0.1, 0.15) is 0 Å². The minimum atomic E-state index is 0.380. The van der Waals surface area contributed by atoms with Crippen molar-refractivity contribution in [2.24, 2.45) is 11.7 Å². The van der Waals surface area contributed by atoms with Gasteiger partial charge in [0, 0.05) is 18.6 Å². The summed E-state index contributed by atoms with van der Waals surface area (Å²) in [6.07, 6.45) is 0. The molecule has 3 unspecified atom stereocenters. The van der Waals surface area contributed by atoms with Gasteiger partial charge in [-0.25, -0.2) is 0 Å². The fourth-order valence-electron chi connectivity index (χ4n) is 1.06. The minimum Gasteiger partial charge on any atom is -0.326 e. The van der Waals surface area contributed by atoms with E-state index in [0.717, 1.165) is 6.54 Å². The van der Waals surface area contributed by atoms with E-state index in [2.05, 4.69) is 19.2 Å². The van der Waals surface area contributed by atoms with Crippen molar-refractivity contribution in [3.8, 4) is 0 Å². The smallest absolute Gasteiger partial charge is 0.0206 e. The van der Waals surface area contributed by atoms with Crippen molar-refractivity contribution < 1.29 is 0 Å². The van der Waals surface area contributed by atoms with Crippen molar-refractivity contribution in [2.75, 3.05) is 6.54 Å². The zero-order chi connectivity index (χ0) is 6.15. The second-order valence-electron chi connectivity index (χ2n) is 2.72. The maximum atomic E-state index is 5.71. The van der Waals surface area contributed by atoms with Gasteiger partial charge in [-0.1, -0.05) is 6.92 Å². The van der Waals surface area contributed by atoms with E-state index in [1.54, 1.807) is 0 Å². The lowest BCUT2D eigenvalue weighted by atomic mass is 10.0. The minimum absolute atomic E-state index is 0.380. The first-order chi connectivity index (χ1) is 3.72. The van der Waals surface area contributed by atoms with Crippen LogP contribution in [0.15, 0.2) is 0 Å². The number of nitrogens with two attached hydrogens (primary N) is 1. The molecule has 0 amide bonds. The molecule has 0 aromatic heterocycles. The summed E-state index contributed by atoms with van der Waals surface area (Å²) in [6, 6.07) is 0.995. The zero-order valence-electron chi connectivity index (χ0n) is 5.52. The Morgan fingerprint density at radius 2 is 2.12 bits per heavy atom. The second kappa shape index (κ2) is 2.03. The van der Waals surface area contributed by atoms with Gasteiger partial charge >= 0.3 is 0 Å². The van der Waals surface area contributed by atoms with Gasteiger partial charge in [-0.3, -0.25) is 0 Å². The molecule has 2 nitrogen and oxygen atoms in total. The Kier molecular flexibility index (Phi) is 1.54. The SMILES string of the molecule is CC1NCC(N)C1C. The molecule has 0 bridgehead atoms. The largest absolute Gasteiger partial charge is 0.326 e. The third-order valence-corrected chi connectivity index (χ3v) is 2.14. The topological polar surface area (TPSA) is 38.0 Å². The molecular formula is C6H14N2. The third kappa shape index (κ3) is 0.858. The molecule has 48 valence electrons. The van der Waals surface area contributed by atoms with Gasteiger partial charge < -0.3 is 11.1 Å². The lowest BCUT2D eigenvalue weighted by Gasteiger charge is -2.10. The van der Waals surface area contributed by atoms with Crippen LogP contribution in [0.1, 0.15) is 13.8 Å². The van der Waals surface area contributed by atoms with E-state index in [9.17, 15) is 0 Å². The van der Waals surface area contributed by atoms with Crippen molar-refractivity contribution in [1.82, 2.24) is 5.32 Å². The predicted molar refractivity (Wildman–Crippen MR) is 34.6 cm³/mol. The molecule has 0 aliphatic carbocycles. The zero-order valence-corrected chi connectivity index (χ0v) is 5.52. The first kappa shape index (κ1) is 6.05. The first-order valence-electron chi connectivity index (χ1n) is 3.21. The molecule has 1 aliphatic rings. The molecular weight excluding hydrogens is 100 g/mol. The average molecular weight is 114 g/mol. The van der Waals surface area contributed by atoms with Crippen molar-refractivity contribution in [2.45, 2.75) is 25.9 Å². The highest BCUT2D eigenvalue weighted by molar-refractivity contribution is 4.87. The summed E-state index contributed by atoms with van der Waals surface area (Å²) in [4.78, 5) is 0. The molecule has 0 spiro atoms. The molecule has 1 heterocycles. The van der Waals surface area contributed by atoms with Crippen LogP contribution in [0.5, 0.6) is 0 Å². The van der Waals surface area contributed by atoms with E-state index < -0.39 is 0 Å². The van der Waals surface area contributed by atoms with E-state index in [-0.39, 0.29) is 0 Å². The Morgan fingerprint density at radius 3 is 2.25 bits per heavy atom. The van der Waals surface area contributed by atoms with Crippen LogP contribution < -0.4 is 11.1 Å². The lowest BCUT2D eigenvalue weighted by Crippen LogP contribution is -2.28. The van der Waals surface area contributed by atoms with Crippen LogP contribution in [0.4, 0.5) is 0 Å². The summed E-state index contributed by atoms with van der Waals surface area (Å²) in [6.45, 7) is 5.36. The molecule has 3 N–H and O–H groups in total. The van der Waals surface area contributed by atoms with E-state index in [1.807, 2.05) is 0 Å². The fraction of sp³-hybridized carbons (Fsp3) is 1.00. The monoisotopic (exact) mass is 114 g/mol. The summed E-state index contributed by atoms with van der Waals surface area (Å²) >= 11 is 0. The van der Waals surface area contributed by atoms with Gasteiger partial charge in [-0.15, -0.1) is 0 Å². The second-order valence-corrected chi connectivity index (χ2v) is 2.72. The quantitative estimate of drug-likeness (QED) is 0.463. The number of rotatable bonds is 0. The number of hydrogen-bond donors (Lipinski definition) is 2.